The lowest BCUT2D eigenvalue weighted by molar-refractivity contribution is -0.385. The second-order valence-electron chi connectivity index (χ2n) is 4.03. The molecule has 0 atom stereocenters. The number of hydrogen-bond acceptors (Lipinski definition) is 4. The summed E-state index contributed by atoms with van der Waals surface area (Å²) in [6.07, 6.45) is 0. The van der Waals surface area contributed by atoms with Gasteiger partial charge in [0.05, 0.1) is 10.5 Å². The molecule has 100 valence electrons. The van der Waals surface area contributed by atoms with Crippen molar-refractivity contribution >= 4 is 17.3 Å². The van der Waals surface area contributed by atoms with E-state index in [-0.39, 0.29) is 22.7 Å². The van der Waals surface area contributed by atoms with Crippen LogP contribution >= 0.6 is 11.6 Å². The fourth-order valence-corrected chi connectivity index (χ4v) is 1.86. The maximum atomic E-state index is 11.0. The Hall–Kier alpha value is -2.58. The van der Waals surface area contributed by atoms with Gasteiger partial charge in [-0.2, -0.15) is 5.26 Å². The van der Waals surface area contributed by atoms with Gasteiger partial charge in [0.25, 0.3) is 0 Å². The van der Waals surface area contributed by atoms with Gasteiger partial charge in [0.2, 0.25) is 5.75 Å². The maximum Gasteiger partial charge on any atom is 0.311 e. The van der Waals surface area contributed by atoms with Crippen LogP contribution in [0.15, 0.2) is 36.4 Å². The monoisotopic (exact) mass is 288 g/mol. The minimum atomic E-state index is -0.529. The van der Waals surface area contributed by atoms with Crippen molar-refractivity contribution in [3.63, 3.8) is 0 Å². The first-order valence-corrected chi connectivity index (χ1v) is 6.02. The number of halogens is 1. The smallest absolute Gasteiger partial charge is 0.311 e. The highest BCUT2D eigenvalue weighted by Crippen LogP contribution is 2.36. The first kappa shape index (κ1) is 13.8. The molecule has 0 saturated carbocycles. The van der Waals surface area contributed by atoms with Crippen molar-refractivity contribution in [2.75, 3.05) is 0 Å². The lowest BCUT2D eigenvalue weighted by atomic mass is 10.2. The number of benzene rings is 2. The molecule has 0 aromatic heterocycles. The van der Waals surface area contributed by atoms with E-state index in [9.17, 15) is 10.1 Å². The molecule has 20 heavy (non-hydrogen) atoms. The van der Waals surface area contributed by atoms with Gasteiger partial charge in [-0.3, -0.25) is 10.1 Å². The summed E-state index contributed by atoms with van der Waals surface area (Å²) in [7, 11) is 0. The van der Waals surface area contributed by atoms with Gasteiger partial charge in [-0.05, 0) is 24.6 Å². The summed E-state index contributed by atoms with van der Waals surface area (Å²) < 4.78 is 5.56. The summed E-state index contributed by atoms with van der Waals surface area (Å²) in [6.45, 7) is 1.69. The van der Waals surface area contributed by atoms with E-state index in [0.29, 0.717) is 10.6 Å². The van der Waals surface area contributed by atoms with E-state index >= 15 is 0 Å². The van der Waals surface area contributed by atoms with Gasteiger partial charge >= 0.3 is 5.69 Å². The van der Waals surface area contributed by atoms with Crippen molar-refractivity contribution in [1.82, 2.24) is 0 Å². The molecule has 0 unspecified atom stereocenters. The van der Waals surface area contributed by atoms with Gasteiger partial charge in [0, 0.05) is 17.2 Å². The van der Waals surface area contributed by atoms with Crippen LogP contribution in [0.4, 0.5) is 5.69 Å². The summed E-state index contributed by atoms with van der Waals surface area (Å²) in [5.41, 5.74) is 0.698. The number of nitro benzene ring substituents is 1. The Morgan fingerprint density at radius 2 is 2.10 bits per heavy atom. The summed E-state index contributed by atoms with van der Waals surface area (Å²) >= 11 is 5.86. The van der Waals surface area contributed by atoms with Crippen molar-refractivity contribution in [2.24, 2.45) is 0 Å². The molecule has 6 heteroatoms. The van der Waals surface area contributed by atoms with Crippen LogP contribution in [0.2, 0.25) is 5.02 Å². The average Bonchev–Trinajstić information content (AvgIpc) is 2.41. The lowest BCUT2D eigenvalue weighted by Crippen LogP contribution is -1.96. The molecule has 2 aromatic carbocycles. The highest BCUT2D eigenvalue weighted by atomic mass is 35.5. The predicted molar refractivity (Wildman–Crippen MR) is 74.1 cm³/mol. The quantitative estimate of drug-likeness (QED) is 0.626. The van der Waals surface area contributed by atoms with E-state index in [1.807, 2.05) is 6.07 Å². The SMILES string of the molecule is Cc1cccc([N+](=O)[O-])c1Oc1cc(Cl)ccc1C#N. The summed E-state index contributed by atoms with van der Waals surface area (Å²) in [5.74, 6) is 0.300. The molecule has 0 bridgehead atoms. The predicted octanol–water partition coefficient (Wildman–Crippen LogP) is 4.22. The first-order chi connectivity index (χ1) is 9.52. The van der Waals surface area contributed by atoms with E-state index in [2.05, 4.69) is 0 Å². The Kier molecular flexibility index (Phi) is 3.87. The number of nitrogens with zero attached hydrogens (tertiary/aromatic N) is 2. The highest BCUT2D eigenvalue weighted by Gasteiger charge is 2.19. The Bertz CT molecular complexity index is 723. The molecule has 0 amide bonds. The molecule has 0 heterocycles. The molecule has 2 rings (SSSR count). The number of aryl methyl sites for hydroxylation is 1. The van der Waals surface area contributed by atoms with Crippen LogP contribution < -0.4 is 4.74 Å². The molecule has 0 aliphatic rings. The lowest BCUT2D eigenvalue weighted by Gasteiger charge is -2.10. The summed E-state index contributed by atoms with van der Waals surface area (Å²) in [4.78, 5) is 10.5. The van der Waals surface area contributed by atoms with Crippen LogP contribution in [0.25, 0.3) is 0 Å². The van der Waals surface area contributed by atoms with Crippen LogP contribution in [0.5, 0.6) is 11.5 Å². The zero-order valence-electron chi connectivity index (χ0n) is 10.5. The molecule has 0 aliphatic heterocycles. The Labute approximate surface area is 120 Å². The Morgan fingerprint density at radius 3 is 2.75 bits per heavy atom. The van der Waals surface area contributed by atoms with Gasteiger partial charge in [0.1, 0.15) is 11.8 Å². The van der Waals surface area contributed by atoms with Gasteiger partial charge in [-0.15, -0.1) is 0 Å². The number of hydrogen-bond donors (Lipinski definition) is 0. The normalized spacial score (nSPS) is 9.85. The number of rotatable bonds is 3. The average molecular weight is 289 g/mol. The molecular formula is C14H9ClN2O3. The fourth-order valence-electron chi connectivity index (χ4n) is 1.70. The van der Waals surface area contributed by atoms with E-state index in [1.165, 1.54) is 18.2 Å². The number of nitriles is 1. The van der Waals surface area contributed by atoms with Crippen molar-refractivity contribution < 1.29 is 9.66 Å². The van der Waals surface area contributed by atoms with Crippen molar-refractivity contribution in [2.45, 2.75) is 6.92 Å². The molecule has 2 aromatic rings. The molecule has 5 nitrogen and oxygen atoms in total. The summed E-state index contributed by atoms with van der Waals surface area (Å²) in [6, 6.07) is 11.1. The van der Waals surface area contributed by atoms with Crippen molar-refractivity contribution in [1.29, 1.82) is 5.26 Å². The third-order valence-electron chi connectivity index (χ3n) is 2.66. The number of ether oxygens (including phenoxy) is 1. The Balaban J connectivity index is 2.53. The van der Waals surface area contributed by atoms with Crippen LogP contribution in [0.1, 0.15) is 11.1 Å². The molecule has 0 aliphatic carbocycles. The number of nitro groups is 1. The topological polar surface area (TPSA) is 76.2 Å². The van der Waals surface area contributed by atoms with Crippen molar-refractivity contribution in [3.05, 3.63) is 62.7 Å². The van der Waals surface area contributed by atoms with Crippen LogP contribution in [0.3, 0.4) is 0 Å². The summed E-state index contributed by atoms with van der Waals surface area (Å²) in [5, 5.41) is 20.4. The highest BCUT2D eigenvalue weighted by molar-refractivity contribution is 6.30. The molecular weight excluding hydrogens is 280 g/mol. The van der Waals surface area contributed by atoms with Gasteiger partial charge < -0.3 is 4.74 Å². The molecule has 0 radical (unpaired) electrons. The largest absolute Gasteiger partial charge is 0.448 e. The zero-order valence-corrected chi connectivity index (χ0v) is 11.2. The fraction of sp³-hybridized carbons (Fsp3) is 0.0714. The second-order valence-corrected chi connectivity index (χ2v) is 4.47. The van der Waals surface area contributed by atoms with Crippen LogP contribution in [0, 0.1) is 28.4 Å². The Morgan fingerprint density at radius 1 is 1.35 bits per heavy atom. The minimum absolute atomic E-state index is 0.108. The minimum Gasteiger partial charge on any atom is -0.448 e. The third-order valence-corrected chi connectivity index (χ3v) is 2.90. The maximum absolute atomic E-state index is 11.0. The van der Waals surface area contributed by atoms with E-state index in [4.69, 9.17) is 21.6 Å². The van der Waals surface area contributed by atoms with Crippen LogP contribution in [-0.4, -0.2) is 4.92 Å². The molecule has 0 N–H and O–H groups in total. The van der Waals surface area contributed by atoms with Crippen molar-refractivity contribution in [3.8, 4) is 17.6 Å². The van der Waals surface area contributed by atoms with E-state index in [0.717, 1.165) is 0 Å². The van der Waals surface area contributed by atoms with Gasteiger partial charge in [0.15, 0.2) is 0 Å². The molecule has 0 spiro atoms. The van der Waals surface area contributed by atoms with Gasteiger partial charge in [-0.1, -0.05) is 23.7 Å². The molecule has 0 saturated heterocycles. The number of para-hydroxylation sites is 1. The third kappa shape index (κ3) is 2.71. The van der Waals surface area contributed by atoms with Gasteiger partial charge in [-0.25, -0.2) is 0 Å². The molecule has 0 fully saturated rings. The zero-order chi connectivity index (χ0) is 14.7. The first-order valence-electron chi connectivity index (χ1n) is 5.64. The van der Waals surface area contributed by atoms with E-state index in [1.54, 1.807) is 25.1 Å². The van der Waals surface area contributed by atoms with E-state index < -0.39 is 4.92 Å². The standard InChI is InChI=1S/C14H9ClN2O3/c1-9-3-2-4-12(17(18)19)14(9)20-13-7-11(15)6-5-10(13)8-16/h2-7H,1H3. The van der Waals surface area contributed by atoms with Crippen LogP contribution in [-0.2, 0) is 0 Å². The second kappa shape index (κ2) is 5.59.